The zero-order chi connectivity index (χ0) is 28.0. The molecule has 0 radical (unpaired) electrons. The summed E-state index contributed by atoms with van der Waals surface area (Å²) < 4.78 is 18.5. The van der Waals surface area contributed by atoms with E-state index in [1.165, 1.54) is 18.4 Å². The molecule has 1 aliphatic heterocycles. The van der Waals surface area contributed by atoms with Crippen LogP contribution in [0.1, 0.15) is 53.7 Å². The fraction of sp³-hybridized carbons (Fsp3) is 0.345. The number of anilines is 2. The van der Waals surface area contributed by atoms with Crippen LogP contribution in [0.2, 0.25) is 0 Å². The van der Waals surface area contributed by atoms with Crippen molar-refractivity contribution in [2.45, 2.75) is 39.3 Å². The van der Waals surface area contributed by atoms with E-state index in [2.05, 4.69) is 20.9 Å². The molecule has 2 aromatic carbocycles. The highest BCUT2D eigenvalue weighted by atomic mass is 19.1. The number of nitrogens with one attached hydrogen (secondary N) is 3. The first-order valence-corrected chi connectivity index (χ1v) is 12.9. The average Bonchev–Trinajstić information content (AvgIpc) is 3.32. The molecule has 1 fully saturated rings. The van der Waals surface area contributed by atoms with Crippen molar-refractivity contribution in [3.8, 4) is 0 Å². The highest BCUT2D eigenvalue weighted by molar-refractivity contribution is 6.05. The van der Waals surface area contributed by atoms with Crippen LogP contribution < -0.4 is 20.9 Å². The van der Waals surface area contributed by atoms with Gasteiger partial charge in [0.1, 0.15) is 5.82 Å². The number of halogens is 1. The van der Waals surface area contributed by atoms with Crippen LogP contribution in [0.15, 0.2) is 65.3 Å². The van der Waals surface area contributed by atoms with Crippen molar-refractivity contribution >= 4 is 29.2 Å². The Bertz CT molecular complexity index is 1300. The number of hydrogen-bond donors (Lipinski definition) is 3. The lowest BCUT2D eigenvalue weighted by atomic mass is 10.1. The van der Waals surface area contributed by atoms with E-state index in [4.69, 9.17) is 4.42 Å². The van der Waals surface area contributed by atoms with Crippen LogP contribution in [0.5, 0.6) is 0 Å². The van der Waals surface area contributed by atoms with E-state index < -0.39 is 5.91 Å². The van der Waals surface area contributed by atoms with Gasteiger partial charge in [-0.05, 0) is 75.2 Å². The van der Waals surface area contributed by atoms with Crippen LogP contribution in [0.25, 0.3) is 0 Å². The fourth-order valence-corrected chi connectivity index (χ4v) is 4.31. The van der Waals surface area contributed by atoms with Gasteiger partial charge in [0.2, 0.25) is 0 Å². The van der Waals surface area contributed by atoms with Gasteiger partial charge >= 0.3 is 6.03 Å². The molecule has 4 amide bonds. The van der Waals surface area contributed by atoms with E-state index in [-0.39, 0.29) is 35.6 Å². The number of carbonyl (C=O) groups excluding carboxylic acids is 3. The summed E-state index contributed by atoms with van der Waals surface area (Å²) in [5.41, 5.74) is 1.92. The molecule has 4 rings (SSSR count). The van der Waals surface area contributed by atoms with E-state index in [9.17, 15) is 18.8 Å². The van der Waals surface area contributed by atoms with Gasteiger partial charge in [-0.2, -0.15) is 0 Å². The molecule has 2 heterocycles. The quantitative estimate of drug-likeness (QED) is 0.427. The van der Waals surface area contributed by atoms with Crippen LogP contribution in [0, 0.1) is 5.82 Å². The molecule has 9 nitrogen and oxygen atoms in total. The summed E-state index contributed by atoms with van der Waals surface area (Å²) in [4.78, 5) is 42.5. The summed E-state index contributed by atoms with van der Waals surface area (Å²) in [5, 5.41) is 8.68. The predicted octanol–water partition coefficient (Wildman–Crippen LogP) is 4.62. The van der Waals surface area contributed by atoms with Crippen molar-refractivity contribution in [3.05, 3.63) is 83.6 Å². The number of carbonyl (C=O) groups is 3. The van der Waals surface area contributed by atoms with Gasteiger partial charge in [0.15, 0.2) is 5.76 Å². The molecule has 0 aliphatic carbocycles. The molecule has 0 unspecified atom stereocenters. The van der Waals surface area contributed by atoms with E-state index in [0.29, 0.717) is 43.1 Å². The van der Waals surface area contributed by atoms with E-state index in [1.54, 1.807) is 47.4 Å². The molecule has 0 saturated carbocycles. The van der Waals surface area contributed by atoms with Crippen molar-refractivity contribution in [2.75, 3.05) is 36.4 Å². The van der Waals surface area contributed by atoms with Crippen molar-refractivity contribution in [1.82, 2.24) is 15.5 Å². The highest BCUT2D eigenvalue weighted by Gasteiger charge is 2.25. The second-order valence-electron chi connectivity index (χ2n) is 10.5. The molecule has 3 N–H and O–H groups in total. The molecule has 0 atom stereocenters. The minimum atomic E-state index is -0.430. The van der Waals surface area contributed by atoms with Crippen LogP contribution >= 0.6 is 0 Å². The van der Waals surface area contributed by atoms with E-state index in [1.807, 2.05) is 20.8 Å². The zero-order valence-electron chi connectivity index (χ0n) is 22.4. The van der Waals surface area contributed by atoms with Gasteiger partial charge in [-0.25, -0.2) is 9.18 Å². The van der Waals surface area contributed by atoms with Gasteiger partial charge in [0.05, 0.1) is 11.8 Å². The van der Waals surface area contributed by atoms with Crippen LogP contribution in [-0.4, -0.2) is 54.5 Å². The first-order chi connectivity index (χ1) is 18.6. The third-order valence-electron chi connectivity index (χ3n) is 6.22. The Morgan fingerprint density at radius 1 is 0.949 bits per heavy atom. The minimum absolute atomic E-state index is 0.113. The lowest BCUT2D eigenvalue weighted by Gasteiger charge is -2.28. The zero-order valence-corrected chi connectivity index (χ0v) is 22.4. The largest absolute Gasteiger partial charge is 0.459 e. The van der Waals surface area contributed by atoms with Crippen LogP contribution in [-0.2, 0) is 6.54 Å². The van der Waals surface area contributed by atoms with Gasteiger partial charge in [-0.3, -0.25) is 9.59 Å². The molecular weight excluding hydrogens is 501 g/mol. The molecule has 0 bridgehead atoms. The second-order valence-corrected chi connectivity index (χ2v) is 10.5. The number of nitrogens with zero attached hydrogens (tertiary/aromatic N) is 2. The molecule has 3 aromatic rings. The van der Waals surface area contributed by atoms with Gasteiger partial charge in [0, 0.05) is 49.6 Å². The maximum atomic E-state index is 13.4. The molecule has 10 heteroatoms. The summed E-state index contributed by atoms with van der Waals surface area (Å²) in [5.74, 6) is -0.961. The van der Waals surface area contributed by atoms with Crippen LogP contribution in [0.4, 0.5) is 20.6 Å². The molecule has 206 valence electrons. The molecular formula is C29H34FN5O4. The fourth-order valence-electron chi connectivity index (χ4n) is 4.31. The van der Waals surface area contributed by atoms with Crippen molar-refractivity contribution < 1.29 is 23.2 Å². The van der Waals surface area contributed by atoms with Gasteiger partial charge in [0.25, 0.3) is 11.8 Å². The summed E-state index contributed by atoms with van der Waals surface area (Å²) in [7, 11) is 0. The SMILES string of the molecule is CC(C)(C)NC(=O)N1CCCN(c2ccc(NC(=O)c3ccco3)cc2C(=O)NCc2ccc(F)cc2)CC1. The second kappa shape index (κ2) is 12.0. The highest BCUT2D eigenvalue weighted by Crippen LogP contribution is 2.26. The Kier molecular flexibility index (Phi) is 8.53. The van der Waals surface area contributed by atoms with Gasteiger partial charge in [-0.1, -0.05) is 12.1 Å². The summed E-state index contributed by atoms with van der Waals surface area (Å²) in [6, 6.07) is 14.1. The van der Waals surface area contributed by atoms with Gasteiger partial charge in [-0.15, -0.1) is 0 Å². The Morgan fingerprint density at radius 2 is 1.72 bits per heavy atom. The Hall–Kier alpha value is -4.34. The smallest absolute Gasteiger partial charge is 0.317 e. The Balaban J connectivity index is 1.54. The number of urea groups is 1. The molecule has 1 aromatic heterocycles. The molecule has 1 aliphatic rings. The summed E-state index contributed by atoms with van der Waals surface area (Å²) in [6.45, 7) is 8.32. The van der Waals surface area contributed by atoms with Gasteiger partial charge < -0.3 is 30.2 Å². The monoisotopic (exact) mass is 535 g/mol. The number of hydrogen-bond acceptors (Lipinski definition) is 5. The minimum Gasteiger partial charge on any atom is -0.459 e. The average molecular weight is 536 g/mol. The molecule has 1 saturated heterocycles. The Morgan fingerprint density at radius 3 is 2.41 bits per heavy atom. The Labute approximate surface area is 227 Å². The molecule has 0 spiro atoms. The maximum absolute atomic E-state index is 13.4. The third kappa shape index (κ3) is 7.59. The first kappa shape index (κ1) is 27.7. The summed E-state index contributed by atoms with van der Waals surface area (Å²) >= 11 is 0. The third-order valence-corrected chi connectivity index (χ3v) is 6.22. The van der Waals surface area contributed by atoms with Crippen LogP contribution in [0.3, 0.4) is 0 Å². The molecule has 39 heavy (non-hydrogen) atoms. The number of rotatable bonds is 6. The van der Waals surface area contributed by atoms with Crippen molar-refractivity contribution in [1.29, 1.82) is 0 Å². The lowest BCUT2D eigenvalue weighted by molar-refractivity contribution is 0.0949. The van der Waals surface area contributed by atoms with E-state index in [0.717, 1.165) is 12.0 Å². The standard InChI is InChI=1S/C29H34FN5O4/c1-29(2,3)33-28(38)35-14-5-13-34(15-16-35)24-12-11-22(32-27(37)25-6-4-17-39-25)18-23(24)26(36)31-19-20-7-9-21(30)10-8-20/h4,6-12,17-18H,5,13-16,19H2,1-3H3,(H,31,36)(H,32,37)(H,33,38). The predicted molar refractivity (Wildman–Crippen MR) is 147 cm³/mol. The maximum Gasteiger partial charge on any atom is 0.317 e. The topological polar surface area (TPSA) is 107 Å². The normalized spacial score (nSPS) is 13.9. The number of benzene rings is 2. The summed E-state index contributed by atoms with van der Waals surface area (Å²) in [6.07, 6.45) is 2.14. The van der Waals surface area contributed by atoms with Crippen molar-refractivity contribution in [3.63, 3.8) is 0 Å². The number of amides is 4. The first-order valence-electron chi connectivity index (χ1n) is 12.9. The van der Waals surface area contributed by atoms with Crippen molar-refractivity contribution in [2.24, 2.45) is 0 Å². The number of furan rings is 1. The van der Waals surface area contributed by atoms with E-state index >= 15 is 0 Å². The lowest BCUT2D eigenvalue weighted by Crippen LogP contribution is -2.49.